The third-order valence-corrected chi connectivity index (χ3v) is 4.68. The van der Waals surface area contributed by atoms with Crippen LogP contribution in [-0.4, -0.2) is 38.2 Å². The number of morpholine rings is 1. The molecule has 2 N–H and O–H groups in total. The van der Waals surface area contributed by atoms with Crippen molar-refractivity contribution in [2.75, 3.05) is 30.0 Å². The monoisotopic (exact) mass is 345 g/mol. The van der Waals surface area contributed by atoms with Crippen molar-refractivity contribution >= 4 is 33.7 Å². The van der Waals surface area contributed by atoms with Gasteiger partial charge in [-0.25, -0.2) is 0 Å². The number of rotatable bonds is 6. The van der Waals surface area contributed by atoms with Crippen molar-refractivity contribution in [1.29, 1.82) is 0 Å². The predicted octanol–water partition coefficient (Wildman–Crippen LogP) is 1.84. The normalized spacial score (nSPS) is 17.2. The molecule has 1 aliphatic heterocycles. The van der Waals surface area contributed by atoms with Gasteiger partial charge in [-0.2, -0.15) is 0 Å². The smallest absolute Gasteiger partial charge is 0.229 e. The number of hydrogen-bond donors (Lipinski definition) is 2. The number of thiophene rings is 1. The average Bonchev–Trinajstić information content (AvgIpc) is 3.05. The minimum atomic E-state index is -0.178. The Morgan fingerprint density at radius 1 is 1.33 bits per heavy atom. The Balaban J connectivity index is 1.61. The summed E-state index contributed by atoms with van der Waals surface area (Å²) in [5.74, 6) is -0.0774. The van der Waals surface area contributed by atoms with Gasteiger partial charge in [-0.3, -0.25) is 19.8 Å². The number of carbonyl (C=O) groups is 2. The van der Waals surface area contributed by atoms with Crippen LogP contribution in [0.25, 0.3) is 0 Å². The zero-order chi connectivity index (χ0) is 16.8. The van der Waals surface area contributed by atoms with E-state index in [0.29, 0.717) is 26.2 Å². The highest BCUT2D eigenvalue weighted by Gasteiger charge is 2.22. The number of ether oxygens (including phenoxy) is 1. The van der Waals surface area contributed by atoms with Crippen LogP contribution >= 0.6 is 11.3 Å². The van der Waals surface area contributed by atoms with Gasteiger partial charge in [-0.05, 0) is 17.7 Å². The molecule has 0 radical (unpaired) electrons. The predicted molar refractivity (Wildman–Crippen MR) is 94.2 cm³/mol. The van der Waals surface area contributed by atoms with Gasteiger partial charge in [-0.1, -0.05) is 30.3 Å². The van der Waals surface area contributed by atoms with E-state index in [0.717, 1.165) is 22.0 Å². The van der Waals surface area contributed by atoms with Gasteiger partial charge in [0.1, 0.15) is 11.2 Å². The Morgan fingerprint density at radius 3 is 2.88 bits per heavy atom. The van der Waals surface area contributed by atoms with Crippen molar-refractivity contribution in [3.63, 3.8) is 0 Å². The quantitative estimate of drug-likeness (QED) is 0.784. The summed E-state index contributed by atoms with van der Waals surface area (Å²) in [5, 5.41) is 7.60. The Kier molecular flexibility index (Phi) is 5.58. The first kappa shape index (κ1) is 16.6. The minimum absolute atomic E-state index is 0.0774. The fourth-order valence-electron chi connectivity index (χ4n) is 2.51. The number of hydrogen-bond acceptors (Lipinski definition) is 5. The molecule has 6 nitrogen and oxygen atoms in total. The Bertz CT molecular complexity index is 683. The molecule has 1 atom stereocenters. The fourth-order valence-corrected chi connectivity index (χ4v) is 3.44. The van der Waals surface area contributed by atoms with Crippen molar-refractivity contribution in [3.05, 3.63) is 48.0 Å². The van der Waals surface area contributed by atoms with E-state index in [1.54, 1.807) is 4.90 Å². The summed E-state index contributed by atoms with van der Waals surface area (Å²) in [4.78, 5) is 25.1. The topological polar surface area (TPSA) is 70.7 Å². The Hall–Kier alpha value is -2.22. The highest BCUT2D eigenvalue weighted by molar-refractivity contribution is 7.20. The molecule has 0 aliphatic carbocycles. The average molecular weight is 345 g/mol. The molecule has 1 saturated heterocycles. The van der Waals surface area contributed by atoms with Gasteiger partial charge >= 0.3 is 0 Å². The van der Waals surface area contributed by atoms with E-state index in [-0.39, 0.29) is 12.1 Å². The maximum atomic E-state index is 12.1. The molecule has 2 heterocycles. The van der Waals surface area contributed by atoms with Crippen LogP contribution in [0.4, 0.5) is 10.0 Å². The molecule has 24 heavy (non-hydrogen) atoms. The van der Waals surface area contributed by atoms with Gasteiger partial charge in [0.2, 0.25) is 12.3 Å². The lowest BCUT2D eigenvalue weighted by Crippen LogP contribution is -2.52. The zero-order valence-corrected chi connectivity index (χ0v) is 13.9. The van der Waals surface area contributed by atoms with E-state index >= 15 is 0 Å². The lowest BCUT2D eigenvalue weighted by molar-refractivity contribution is -0.115. The summed E-state index contributed by atoms with van der Waals surface area (Å²) < 4.78 is 5.40. The molecule has 0 bridgehead atoms. The summed E-state index contributed by atoms with van der Waals surface area (Å²) in [6.45, 7) is 1.81. The number of nitrogens with one attached hydrogen (secondary N) is 2. The summed E-state index contributed by atoms with van der Waals surface area (Å²) >= 11 is 1.37. The minimum Gasteiger partial charge on any atom is -0.377 e. The van der Waals surface area contributed by atoms with Crippen molar-refractivity contribution in [2.45, 2.75) is 12.6 Å². The Labute approximate surface area is 144 Å². The third kappa shape index (κ3) is 4.19. The maximum absolute atomic E-state index is 12.1. The molecule has 7 heteroatoms. The maximum Gasteiger partial charge on any atom is 0.229 e. The number of carbonyl (C=O) groups excluding carboxylic acids is 2. The van der Waals surface area contributed by atoms with Crippen molar-refractivity contribution in [2.24, 2.45) is 0 Å². The molecule has 1 unspecified atom stereocenters. The third-order valence-electron chi connectivity index (χ3n) is 3.67. The van der Waals surface area contributed by atoms with Crippen LogP contribution in [-0.2, 0) is 20.7 Å². The standard InChI is InChI=1S/C17H19N3O3S/c21-12-20(14-11-23-9-8-18-14)17-7-6-16(24-17)19-15(22)10-13-4-2-1-3-5-13/h1-7,12,14,18H,8-11H2,(H,19,22). The molecule has 2 aromatic rings. The molecule has 3 rings (SSSR count). The second-order valence-electron chi connectivity index (χ2n) is 5.41. The summed E-state index contributed by atoms with van der Waals surface area (Å²) in [6.07, 6.45) is 0.930. The van der Waals surface area contributed by atoms with Crippen LogP contribution < -0.4 is 15.5 Å². The molecule has 1 aromatic heterocycles. The molecule has 2 amide bonds. The highest BCUT2D eigenvalue weighted by atomic mass is 32.1. The van der Waals surface area contributed by atoms with Crippen LogP contribution in [0.1, 0.15) is 5.56 Å². The van der Waals surface area contributed by atoms with Gasteiger partial charge in [-0.15, -0.1) is 11.3 Å². The van der Waals surface area contributed by atoms with Gasteiger partial charge in [0, 0.05) is 6.54 Å². The molecule has 1 fully saturated rings. The fraction of sp³-hybridized carbons (Fsp3) is 0.294. The van der Waals surface area contributed by atoms with Crippen molar-refractivity contribution in [1.82, 2.24) is 5.32 Å². The zero-order valence-electron chi connectivity index (χ0n) is 13.1. The van der Waals surface area contributed by atoms with Crippen LogP contribution in [0.5, 0.6) is 0 Å². The van der Waals surface area contributed by atoms with Crippen LogP contribution in [0.15, 0.2) is 42.5 Å². The van der Waals surface area contributed by atoms with E-state index in [1.165, 1.54) is 11.3 Å². The number of benzene rings is 1. The Morgan fingerprint density at radius 2 is 2.17 bits per heavy atom. The van der Waals surface area contributed by atoms with E-state index in [2.05, 4.69) is 10.6 Å². The molecule has 0 spiro atoms. The number of anilines is 2. The summed E-state index contributed by atoms with van der Waals surface area (Å²) in [7, 11) is 0. The van der Waals surface area contributed by atoms with E-state index in [1.807, 2.05) is 42.5 Å². The van der Waals surface area contributed by atoms with Crippen LogP contribution in [0.3, 0.4) is 0 Å². The lowest BCUT2D eigenvalue weighted by Gasteiger charge is -2.31. The molecule has 126 valence electrons. The molecule has 1 aromatic carbocycles. The molecule has 1 aliphatic rings. The van der Waals surface area contributed by atoms with Crippen molar-refractivity contribution in [3.8, 4) is 0 Å². The van der Waals surface area contributed by atoms with Gasteiger partial charge in [0.15, 0.2) is 0 Å². The first-order chi connectivity index (χ1) is 11.8. The van der Waals surface area contributed by atoms with Crippen molar-refractivity contribution < 1.29 is 14.3 Å². The molecular formula is C17H19N3O3S. The lowest BCUT2D eigenvalue weighted by atomic mass is 10.1. The van der Waals surface area contributed by atoms with Crippen LogP contribution in [0.2, 0.25) is 0 Å². The summed E-state index contributed by atoms with van der Waals surface area (Å²) in [5.41, 5.74) is 0.963. The van der Waals surface area contributed by atoms with Gasteiger partial charge in [0.05, 0.1) is 24.6 Å². The first-order valence-electron chi connectivity index (χ1n) is 7.74. The van der Waals surface area contributed by atoms with Gasteiger partial charge in [0.25, 0.3) is 0 Å². The van der Waals surface area contributed by atoms with E-state index in [9.17, 15) is 9.59 Å². The first-order valence-corrected chi connectivity index (χ1v) is 8.56. The highest BCUT2D eigenvalue weighted by Crippen LogP contribution is 2.30. The van der Waals surface area contributed by atoms with E-state index in [4.69, 9.17) is 4.74 Å². The molecular weight excluding hydrogens is 326 g/mol. The second-order valence-corrected chi connectivity index (χ2v) is 6.47. The summed E-state index contributed by atoms with van der Waals surface area (Å²) in [6, 6.07) is 13.2. The SMILES string of the molecule is O=CN(c1ccc(NC(=O)Cc2ccccc2)s1)C1COCCN1. The number of amides is 2. The van der Waals surface area contributed by atoms with E-state index < -0.39 is 0 Å². The number of nitrogens with zero attached hydrogens (tertiary/aromatic N) is 1. The van der Waals surface area contributed by atoms with Crippen LogP contribution in [0, 0.1) is 0 Å². The van der Waals surface area contributed by atoms with Gasteiger partial charge < -0.3 is 10.1 Å². The largest absolute Gasteiger partial charge is 0.377 e. The molecule has 0 saturated carbocycles. The second kappa shape index (κ2) is 8.05.